The fraction of sp³-hybridized carbons (Fsp3) is 0.214. The highest BCUT2D eigenvalue weighted by atomic mass is 32.1. The molecule has 0 spiro atoms. The van der Waals surface area contributed by atoms with Crippen LogP contribution in [0.2, 0.25) is 0 Å². The molecule has 1 heterocycles. The topological polar surface area (TPSA) is 61.8 Å². The zero-order valence-electron chi connectivity index (χ0n) is 10.8. The predicted molar refractivity (Wildman–Crippen MR) is 78.4 cm³/mol. The molecule has 0 atom stereocenters. The Morgan fingerprint density at radius 1 is 1.32 bits per heavy atom. The van der Waals surface area contributed by atoms with Crippen molar-refractivity contribution in [2.75, 3.05) is 7.05 Å². The summed E-state index contributed by atoms with van der Waals surface area (Å²) in [6, 6.07) is 11.9. The minimum absolute atomic E-state index is 0.141. The Kier molecular flexibility index (Phi) is 4.54. The van der Waals surface area contributed by atoms with Crippen LogP contribution in [0.15, 0.2) is 46.9 Å². The van der Waals surface area contributed by atoms with Crippen molar-refractivity contribution in [3.63, 3.8) is 0 Å². The van der Waals surface area contributed by atoms with E-state index in [4.69, 9.17) is 10.9 Å². The van der Waals surface area contributed by atoms with E-state index in [-0.39, 0.29) is 5.84 Å². The fourth-order valence-corrected chi connectivity index (χ4v) is 2.71. The highest BCUT2D eigenvalue weighted by Crippen LogP contribution is 2.13. The quantitative estimate of drug-likeness (QED) is 0.381. The zero-order chi connectivity index (χ0) is 13.7. The van der Waals surface area contributed by atoms with E-state index in [2.05, 4.69) is 34.6 Å². The van der Waals surface area contributed by atoms with E-state index >= 15 is 0 Å². The molecule has 1 aromatic heterocycles. The Morgan fingerprint density at radius 2 is 2.16 bits per heavy atom. The van der Waals surface area contributed by atoms with Crippen molar-refractivity contribution in [1.29, 1.82) is 0 Å². The van der Waals surface area contributed by atoms with Crippen LogP contribution in [0.4, 0.5) is 0 Å². The van der Waals surface area contributed by atoms with Gasteiger partial charge in [0, 0.05) is 23.5 Å². The Balaban J connectivity index is 2.02. The van der Waals surface area contributed by atoms with Gasteiger partial charge in [0.1, 0.15) is 0 Å². The van der Waals surface area contributed by atoms with Gasteiger partial charge in [-0.25, -0.2) is 0 Å². The van der Waals surface area contributed by atoms with Gasteiger partial charge in [-0.3, -0.25) is 4.90 Å². The minimum atomic E-state index is 0.141. The van der Waals surface area contributed by atoms with Gasteiger partial charge in [-0.1, -0.05) is 29.4 Å². The molecule has 0 unspecified atom stereocenters. The summed E-state index contributed by atoms with van der Waals surface area (Å²) in [5, 5.41) is 13.8. The molecule has 0 aliphatic rings. The van der Waals surface area contributed by atoms with Crippen molar-refractivity contribution in [3.8, 4) is 0 Å². The maximum Gasteiger partial charge on any atom is 0.170 e. The van der Waals surface area contributed by atoms with Gasteiger partial charge in [0.25, 0.3) is 0 Å². The highest BCUT2D eigenvalue weighted by Gasteiger charge is 2.05. The van der Waals surface area contributed by atoms with E-state index < -0.39 is 0 Å². The lowest BCUT2D eigenvalue weighted by Crippen LogP contribution is -2.18. The smallest absolute Gasteiger partial charge is 0.170 e. The number of hydrogen-bond donors (Lipinski definition) is 2. The lowest BCUT2D eigenvalue weighted by atomic mass is 10.1. The Bertz CT molecular complexity index is 552. The SMILES string of the molecule is CN(Cc1cccc(/C(N)=N/O)c1)Cc1cccs1. The second-order valence-electron chi connectivity index (χ2n) is 4.44. The number of thiophene rings is 1. The van der Waals surface area contributed by atoms with Crippen molar-refractivity contribution in [3.05, 3.63) is 57.8 Å². The van der Waals surface area contributed by atoms with Gasteiger partial charge in [-0.2, -0.15) is 0 Å². The summed E-state index contributed by atoms with van der Waals surface area (Å²) in [5.74, 6) is 0.141. The highest BCUT2D eigenvalue weighted by molar-refractivity contribution is 7.09. The van der Waals surface area contributed by atoms with Crippen LogP contribution in [0.5, 0.6) is 0 Å². The van der Waals surface area contributed by atoms with Crippen molar-refractivity contribution < 1.29 is 5.21 Å². The molecule has 3 N–H and O–H groups in total. The van der Waals surface area contributed by atoms with E-state index in [0.717, 1.165) is 24.2 Å². The molecular formula is C14H17N3OS. The molecule has 5 heteroatoms. The van der Waals surface area contributed by atoms with Crippen LogP contribution < -0.4 is 5.73 Å². The monoisotopic (exact) mass is 275 g/mol. The normalized spacial score (nSPS) is 12.0. The van der Waals surface area contributed by atoms with Gasteiger partial charge >= 0.3 is 0 Å². The molecule has 0 radical (unpaired) electrons. The van der Waals surface area contributed by atoms with Gasteiger partial charge in [-0.05, 0) is 30.1 Å². The van der Waals surface area contributed by atoms with Crippen LogP contribution >= 0.6 is 11.3 Å². The van der Waals surface area contributed by atoms with Gasteiger partial charge in [0.05, 0.1) is 0 Å². The third kappa shape index (κ3) is 3.81. The van der Waals surface area contributed by atoms with Crippen LogP contribution in [-0.2, 0) is 13.1 Å². The lowest BCUT2D eigenvalue weighted by Gasteiger charge is -2.16. The van der Waals surface area contributed by atoms with Crippen LogP contribution in [0.25, 0.3) is 0 Å². The summed E-state index contributed by atoms with van der Waals surface area (Å²) in [5.41, 5.74) is 7.47. The second-order valence-corrected chi connectivity index (χ2v) is 5.47. The van der Waals surface area contributed by atoms with Crippen molar-refractivity contribution in [2.45, 2.75) is 13.1 Å². The number of benzene rings is 1. The summed E-state index contributed by atoms with van der Waals surface area (Å²) in [6.07, 6.45) is 0. The molecule has 2 rings (SSSR count). The van der Waals surface area contributed by atoms with E-state index in [0.29, 0.717) is 0 Å². The molecule has 0 bridgehead atoms. The number of oxime groups is 1. The maximum atomic E-state index is 8.69. The lowest BCUT2D eigenvalue weighted by molar-refractivity contribution is 0.318. The third-order valence-corrected chi connectivity index (χ3v) is 3.65. The number of amidine groups is 1. The molecule has 0 aliphatic heterocycles. The van der Waals surface area contributed by atoms with Crippen LogP contribution in [0, 0.1) is 0 Å². The third-order valence-electron chi connectivity index (χ3n) is 2.79. The van der Waals surface area contributed by atoms with Gasteiger partial charge < -0.3 is 10.9 Å². The minimum Gasteiger partial charge on any atom is -0.409 e. The van der Waals surface area contributed by atoms with E-state index in [1.807, 2.05) is 24.3 Å². The number of nitrogens with zero attached hydrogens (tertiary/aromatic N) is 2. The first kappa shape index (κ1) is 13.6. The average molecular weight is 275 g/mol. The van der Waals surface area contributed by atoms with Gasteiger partial charge in [-0.15, -0.1) is 11.3 Å². The summed E-state index contributed by atoms with van der Waals surface area (Å²) in [7, 11) is 2.08. The molecule has 0 aliphatic carbocycles. The predicted octanol–water partition coefficient (Wildman–Crippen LogP) is 2.47. The molecule has 2 aromatic rings. The summed E-state index contributed by atoms with van der Waals surface area (Å²) in [6.45, 7) is 1.75. The maximum absolute atomic E-state index is 8.69. The number of hydrogen-bond acceptors (Lipinski definition) is 4. The Labute approximate surface area is 116 Å². The number of rotatable bonds is 5. The molecule has 19 heavy (non-hydrogen) atoms. The van der Waals surface area contributed by atoms with Crippen molar-refractivity contribution in [1.82, 2.24) is 4.90 Å². The van der Waals surface area contributed by atoms with Gasteiger partial charge in [0.15, 0.2) is 5.84 Å². The number of nitrogens with two attached hydrogens (primary N) is 1. The van der Waals surface area contributed by atoms with E-state index in [1.54, 1.807) is 11.3 Å². The van der Waals surface area contributed by atoms with E-state index in [9.17, 15) is 0 Å². The second kappa shape index (κ2) is 6.36. The van der Waals surface area contributed by atoms with Crippen LogP contribution in [-0.4, -0.2) is 23.0 Å². The molecule has 1 aromatic carbocycles. The van der Waals surface area contributed by atoms with Gasteiger partial charge in [0.2, 0.25) is 0 Å². The summed E-state index contributed by atoms with van der Waals surface area (Å²) in [4.78, 5) is 3.58. The summed E-state index contributed by atoms with van der Waals surface area (Å²) < 4.78 is 0. The first-order valence-electron chi connectivity index (χ1n) is 5.97. The first-order valence-corrected chi connectivity index (χ1v) is 6.85. The molecule has 0 amide bonds. The van der Waals surface area contributed by atoms with Crippen LogP contribution in [0.3, 0.4) is 0 Å². The molecule has 0 saturated heterocycles. The Hall–Kier alpha value is -1.85. The molecule has 100 valence electrons. The van der Waals surface area contributed by atoms with Crippen molar-refractivity contribution >= 4 is 17.2 Å². The first-order chi connectivity index (χ1) is 9.19. The molecule has 4 nitrogen and oxygen atoms in total. The molecule has 0 saturated carbocycles. The van der Waals surface area contributed by atoms with E-state index in [1.165, 1.54) is 4.88 Å². The van der Waals surface area contributed by atoms with Crippen molar-refractivity contribution in [2.24, 2.45) is 10.9 Å². The standard InChI is InChI=1S/C14H17N3OS/c1-17(10-13-6-3-7-19-13)9-11-4-2-5-12(8-11)14(15)16-18/h2-8,18H,9-10H2,1H3,(H2,15,16). The largest absolute Gasteiger partial charge is 0.409 e. The molecular weight excluding hydrogens is 258 g/mol. The zero-order valence-corrected chi connectivity index (χ0v) is 11.6. The Morgan fingerprint density at radius 3 is 2.84 bits per heavy atom. The summed E-state index contributed by atoms with van der Waals surface area (Å²) >= 11 is 1.76. The molecule has 0 fully saturated rings. The fourth-order valence-electron chi connectivity index (χ4n) is 1.92. The van der Waals surface area contributed by atoms with Crippen LogP contribution in [0.1, 0.15) is 16.0 Å². The average Bonchev–Trinajstić information content (AvgIpc) is 2.90.